The molecule has 0 radical (unpaired) electrons. The summed E-state index contributed by atoms with van der Waals surface area (Å²) in [4.78, 5) is 11.9. The minimum atomic E-state index is -0.381. The van der Waals surface area contributed by atoms with Crippen LogP contribution in [0.4, 0.5) is 5.69 Å². The number of carbonyl (C=O) groups excluding carboxylic acids is 1. The van der Waals surface area contributed by atoms with E-state index in [2.05, 4.69) is 10.6 Å². The van der Waals surface area contributed by atoms with Gasteiger partial charge in [0.1, 0.15) is 13.2 Å². The summed E-state index contributed by atoms with van der Waals surface area (Å²) in [5, 5.41) is 15.1. The van der Waals surface area contributed by atoms with E-state index < -0.39 is 0 Å². The van der Waals surface area contributed by atoms with E-state index in [1.165, 1.54) is 0 Å². The van der Waals surface area contributed by atoms with Gasteiger partial charge in [-0.05, 0) is 32.4 Å². The van der Waals surface area contributed by atoms with Crippen LogP contribution in [0.1, 0.15) is 20.3 Å². The molecule has 1 heterocycles. The highest BCUT2D eigenvalue weighted by Crippen LogP contribution is 2.32. The van der Waals surface area contributed by atoms with Gasteiger partial charge < -0.3 is 25.2 Å². The molecule has 1 amide bonds. The van der Waals surface area contributed by atoms with Gasteiger partial charge >= 0.3 is 0 Å². The van der Waals surface area contributed by atoms with Gasteiger partial charge in [-0.25, -0.2) is 0 Å². The Morgan fingerprint density at radius 1 is 1.29 bits per heavy atom. The standard InChI is InChI=1S/C15H22N2O4/c1-10(7-11(2)18)16-9-15(19)17-12-3-4-13-14(8-12)21-6-5-20-13/h3-4,8,10-11,16,18H,5-7,9H2,1-2H3,(H,17,19). The average Bonchev–Trinajstić information content (AvgIpc) is 2.44. The Morgan fingerprint density at radius 2 is 2.00 bits per heavy atom. The van der Waals surface area contributed by atoms with Crippen molar-refractivity contribution in [2.75, 3.05) is 25.1 Å². The lowest BCUT2D eigenvalue weighted by Gasteiger charge is -2.19. The predicted octanol–water partition coefficient (Wildman–Crippen LogP) is 1.15. The van der Waals surface area contributed by atoms with Crippen LogP contribution in [-0.4, -0.2) is 42.9 Å². The molecule has 2 atom stereocenters. The molecule has 1 aliphatic rings. The number of fused-ring (bicyclic) bond motifs is 1. The molecule has 6 nitrogen and oxygen atoms in total. The van der Waals surface area contributed by atoms with Crippen molar-refractivity contribution in [1.82, 2.24) is 5.32 Å². The van der Waals surface area contributed by atoms with Crippen LogP contribution in [0, 0.1) is 0 Å². The second-order valence-electron chi connectivity index (χ2n) is 5.27. The Labute approximate surface area is 124 Å². The Balaban J connectivity index is 1.82. The van der Waals surface area contributed by atoms with Crippen molar-refractivity contribution in [1.29, 1.82) is 0 Å². The summed E-state index contributed by atoms with van der Waals surface area (Å²) in [6.45, 7) is 4.92. The van der Waals surface area contributed by atoms with E-state index in [0.717, 1.165) is 0 Å². The SMILES string of the molecule is CC(O)CC(C)NCC(=O)Nc1ccc2c(c1)OCCO2. The number of carbonyl (C=O) groups is 1. The molecule has 3 N–H and O–H groups in total. The van der Waals surface area contributed by atoms with Crippen molar-refractivity contribution in [2.24, 2.45) is 0 Å². The van der Waals surface area contributed by atoms with Crippen LogP contribution in [0.3, 0.4) is 0 Å². The van der Waals surface area contributed by atoms with Crippen LogP contribution >= 0.6 is 0 Å². The van der Waals surface area contributed by atoms with Gasteiger partial charge in [0.2, 0.25) is 5.91 Å². The molecule has 1 aromatic rings. The van der Waals surface area contributed by atoms with Gasteiger partial charge in [0, 0.05) is 17.8 Å². The van der Waals surface area contributed by atoms with Gasteiger partial charge in [-0.3, -0.25) is 4.79 Å². The lowest BCUT2D eigenvalue weighted by atomic mass is 10.1. The smallest absolute Gasteiger partial charge is 0.238 e. The highest BCUT2D eigenvalue weighted by Gasteiger charge is 2.13. The number of nitrogens with one attached hydrogen (secondary N) is 2. The lowest BCUT2D eigenvalue weighted by molar-refractivity contribution is -0.115. The van der Waals surface area contributed by atoms with Crippen LogP contribution < -0.4 is 20.1 Å². The minimum absolute atomic E-state index is 0.0796. The second-order valence-corrected chi connectivity index (χ2v) is 5.27. The summed E-state index contributed by atoms with van der Waals surface area (Å²) in [5.74, 6) is 1.21. The molecule has 1 aromatic carbocycles. The number of ether oxygens (including phenoxy) is 2. The first-order valence-electron chi connectivity index (χ1n) is 7.15. The normalized spacial score (nSPS) is 16.1. The van der Waals surface area contributed by atoms with Crippen LogP contribution in [-0.2, 0) is 4.79 Å². The molecule has 0 aromatic heterocycles. The van der Waals surface area contributed by atoms with Gasteiger partial charge in [-0.2, -0.15) is 0 Å². The Bertz CT molecular complexity index is 491. The van der Waals surface area contributed by atoms with Gasteiger partial charge in [0.25, 0.3) is 0 Å². The Hall–Kier alpha value is -1.79. The van der Waals surface area contributed by atoms with Crippen LogP contribution in [0.25, 0.3) is 0 Å². The first-order valence-corrected chi connectivity index (χ1v) is 7.15. The number of hydrogen-bond donors (Lipinski definition) is 3. The predicted molar refractivity (Wildman–Crippen MR) is 79.8 cm³/mol. The van der Waals surface area contributed by atoms with Gasteiger partial charge in [-0.15, -0.1) is 0 Å². The molecule has 0 fully saturated rings. The van der Waals surface area contributed by atoms with E-state index in [4.69, 9.17) is 9.47 Å². The summed E-state index contributed by atoms with van der Waals surface area (Å²) in [6, 6.07) is 5.40. The quantitative estimate of drug-likeness (QED) is 0.733. The molecule has 2 rings (SSSR count). The molecular weight excluding hydrogens is 272 g/mol. The lowest BCUT2D eigenvalue weighted by Crippen LogP contribution is -2.36. The molecule has 0 saturated heterocycles. The molecule has 6 heteroatoms. The maximum absolute atomic E-state index is 11.9. The third-order valence-electron chi connectivity index (χ3n) is 3.13. The number of benzene rings is 1. The van der Waals surface area contributed by atoms with E-state index >= 15 is 0 Å². The van der Waals surface area contributed by atoms with E-state index in [1.54, 1.807) is 25.1 Å². The fraction of sp³-hybridized carbons (Fsp3) is 0.533. The molecule has 2 unspecified atom stereocenters. The number of hydrogen-bond acceptors (Lipinski definition) is 5. The Morgan fingerprint density at radius 3 is 2.71 bits per heavy atom. The number of aliphatic hydroxyl groups is 1. The first kappa shape index (κ1) is 15.6. The van der Waals surface area contributed by atoms with Crippen molar-refractivity contribution in [3.05, 3.63) is 18.2 Å². The van der Waals surface area contributed by atoms with Crippen LogP contribution in [0.15, 0.2) is 18.2 Å². The monoisotopic (exact) mass is 294 g/mol. The molecular formula is C15H22N2O4. The van der Waals surface area contributed by atoms with Crippen LogP contribution in [0.5, 0.6) is 11.5 Å². The zero-order valence-corrected chi connectivity index (χ0v) is 12.4. The molecule has 21 heavy (non-hydrogen) atoms. The van der Waals surface area contributed by atoms with E-state index in [-0.39, 0.29) is 24.6 Å². The number of anilines is 1. The molecule has 1 aliphatic heterocycles. The maximum Gasteiger partial charge on any atom is 0.238 e. The summed E-state index contributed by atoms with van der Waals surface area (Å²) in [7, 11) is 0. The zero-order valence-electron chi connectivity index (χ0n) is 12.4. The largest absolute Gasteiger partial charge is 0.486 e. The third-order valence-corrected chi connectivity index (χ3v) is 3.13. The number of amides is 1. The van der Waals surface area contributed by atoms with E-state index in [0.29, 0.717) is 36.8 Å². The van der Waals surface area contributed by atoms with Gasteiger partial charge in [0.05, 0.1) is 12.6 Å². The van der Waals surface area contributed by atoms with Crippen LogP contribution in [0.2, 0.25) is 0 Å². The summed E-state index contributed by atoms with van der Waals surface area (Å²) in [6.07, 6.45) is 0.227. The second kappa shape index (κ2) is 7.28. The number of rotatable bonds is 6. The fourth-order valence-corrected chi connectivity index (χ4v) is 2.19. The molecule has 0 spiro atoms. The van der Waals surface area contributed by atoms with Crippen molar-refractivity contribution in [3.63, 3.8) is 0 Å². The Kier molecular flexibility index (Phi) is 5.41. The highest BCUT2D eigenvalue weighted by molar-refractivity contribution is 5.92. The van der Waals surface area contributed by atoms with Crippen molar-refractivity contribution in [3.8, 4) is 11.5 Å². The van der Waals surface area contributed by atoms with E-state index in [9.17, 15) is 9.90 Å². The maximum atomic E-state index is 11.9. The first-order chi connectivity index (χ1) is 10.0. The molecule has 0 aliphatic carbocycles. The topological polar surface area (TPSA) is 79.8 Å². The molecule has 0 bridgehead atoms. The summed E-state index contributed by atoms with van der Waals surface area (Å²) >= 11 is 0. The third kappa shape index (κ3) is 4.91. The van der Waals surface area contributed by atoms with Crippen molar-refractivity contribution < 1.29 is 19.4 Å². The minimum Gasteiger partial charge on any atom is -0.486 e. The van der Waals surface area contributed by atoms with E-state index in [1.807, 2.05) is 6.92 Å². The molecule has 0 saturated carbocycles. The number of aliphatic hydroxyl groups excluding tert-OH is 1. The van der Waals surface area contributed by atoms with Gasteiger partial charge in [0.15, 0.2) is 11.5 Å². The summed E-state index contributed by atoms with van der Waals surface area (Å²) < 4.78 is 10.9. The van der Waals surface area contributed by atoms with Gasteiger partial charge in [-0.1, -0.05) is 0 Å². The average molecular weight is 294 g/mol. The highest BCUT2D eigenvalue weighted by atomic mass is 16.6. The summed E-state index contributed by atoms with van der Waals surface area (Å²) in [5.41, 5.74) is 0.675. The molecule has 116 valence electrons. The van der Waals surface area contributed by atoms with Crippen molar-refractivity contribution in [2.45, 2.75) is 32.4 Å². The van der Waals surface area contributed by atoms with Crippen molar-refractivity contribution >= 4 is 11.6 Å². The zero-order chi connectivity index (χ0) is 15.2. The fourth-order valence-electron chi connectivity index (χ4n) is 2.19.